The summed E-state index contributed by atoms with van der Waals surface area (Å²) in [5, 5.41) is 20.9. The number of fused-ring (bicyclic) bond motifs is 1. The van der Waals surface area contributed by atoms with Gasteiger partial charge in [0.1, 0.15) is 6.07 Å². The van der Waals surface area contributed by atoms with Gasteiger partial charge < -0.3 is 15.4 Å². The number of hydrogen-bond acceptors (Lipinski definition) is 4. The molecule has 29 heavy (non-hydrogen) atoms. The Balaban J connectivity index is 1.85. The first-order valence-electron chi connectivity index (χ1n) is 8.97. The normalized spacial score (nSPS) is 11.2. The highest BCUT2D eigenvalue weighted by Gasteiger charge is 2.18. The van der Waals surface area contributed by atoms with E-state index in [-0.39, 0.29) is 11.4 Å². The number of aromatic nitrogens is 1. The Morgan fingerprint density at radius 1 is 1.21 bits per heavy atom. The Bertz CT molecular complexity index is 1190. The van der Waals surface area contributed by atoms with Crippen molar-refractivity contribution in [1.82, 2.24) is 10.3 Å². The number of nitrogens with zero attached hydrogens (tertiary/aromatic N) is 1. The lowest BCUT2D eigenvalue weighted by molar-refractivity contribution is 0.194. The van der Waals surface area contributed by atoms with Gasteiger partial charge in [-0.2, -0.15) is 5.26 Å². The number of aryl methyl sites for hydroxylation is 1. The van der Waals surface area contributed by atoms with Gasteiger partial charge in [0, 0.05) is 18.1 Å². The quantitative estimate of drug-likeness (QED) is 0.472. The number of hydrogen-bond donors (Lipinski definition) is 4. The molecule has 4 N–H and O–H groups in total. The number of amides is 1. The summed E-state index contributed by atoms with van der Waals surface area (Å²) in [5.41, 5.74) is 3.18. The van der Waals surface area contributed by atoms with Crippen LogP contribution in [0, 0.1) is 11.3 Å². The zero-order chi connectivity index (χ0) is 21.0. The van der Waals surface area contributed by atoms with E-state index in [0.717, 1.165) is 16.5 Å². The molecule has 0 bridgehead atoms. The number of H-pyrrole nitrogens is 1. The summed E-state index contributed by atoms with van der Waals surface area (Å²) in [7, 11) is -3.84. The molecule has 0 spiro atoms. The Morgan fingerprint density at radius 3 is 2.55 bits per heavy atom. The maximum atomic E-state index is 12.8. The average molecular weight is 412 g/mol. The van der Waals surface area contributed by atoms with Crippen LogP contribution in [0.3, 0.4) is 0 Å². The van der Waals surface area contributed by atoms with E-state index in [9.17, 15) is 18.5 Å². The zero-order valence-electron chi connectivity index (χ0n) is 15.7. The van der Waals surface area contributed by atoms with Gasteiger partial charge in [-0.1, -0.05) is 25.1 Å². The van der Waals surface area contributed by atoms with Crippen LogP contribution in [0.15, 0.2) is 47.5 Å². The van der Waals surface area contributed by atoms with Gasteiger partial charge in [0.05, 0.1) is 21.7 Å². The molecule has 2 aromatic carbocycles. The third-order valence-corrected chi connectivity index (χ3v) is 5.97. The van der Waals surface area contributed by atoms with Gasteiger partial charge in [-0.3, -0.25) is 4.72 Å². The van der Waals surface area contributed by atoms with Gasteiger partial charge in [-0.05, 0) is 42.2 Å². The van der Waals surface area contributed by atoms with Crippen LogP contribution in [0.25, 0.3) is 10.9 Å². The highest BCUT2D eigenvalue weighted by molar-refractivity contribution is 7.92. The molecule has 0 saturated heterocycles. The van der Waals surface area contributed by atoms with Gasteiger partial charge in [0.2, 0.25) is 0 Å². The number of carbonyl (C=O) groups is 1. The van der Waals surface area contributed by atoms with Crippen molar-refractivity contribution in [3.05, 3.63) is 59.3 Å². The maximum Gasteiger partial charge on any atom is 0.404 e. The number of nitriles is 1. The van der Waals surface area contributed by atoms with Crippen LogP contribution in [-0.4, -0.2) is 31.1 Å². The number of benzene rings is 2. The molecule has 0 aliphatic heterocycles. The molecule has 0 unspecified atom stereocenters. The van der Waals surface area contributed by atoms with Gasteiger partial charge in [-0.25, -0.2) is 13.2 Å². The van der Waals surface area contributed by atoms with Crippen molar-refractivity contribution in [3.8, 4) is 6.07 Å². The number of nitrogens with one attached hydrogen (secondary N) is 3. The topological polar surface area (TPSA) is 135 Å². The van der Waals surface area contributed by atoms with Gasteiger partial charge in [-0.15, -0.1) is 0 Å². The van der Waals surface area contributed by atoms with E-state index >= 15 is 0 Å². The molecule has 0 atom stereocenters. The summed E-state index contributed by atoms with van der Waals surface area (Å²) in [6, 6.07) is 11.9. The molecule has 3 aromatic rings. The van der Waals surface area contributed by atoms with Crippen molar-refractivity contribution in [3.63, 3.8) is 0 Å². The van der Waals surface area contributed by atoms with Crippen LogP contribution < -0.4 is 10.0 Å². The molecule has 8 nitrogen and oxygen atoms in total. The Labute approximate surface area is 168 Å². The van der Waals surface area contributed by atoms with E-state index < -0.39 is 16.1 Å². The summed E-state index contributed by atoms with van der Waals surface area (Å²) in [5.74, 6) is 0. The first kappa shape index (κ1) is 20.2. The lowest BCUT2D eigenvalue weighted by atomic mass is 10.0. The number of carboxylic acid groups (broad SMARTS) is 1. The van der Waals surface area contributed by atoms with E-state index in [1.807, 2.05) is 13.0 Å². The highest BCUT2D eigenvalue weighted by Crippen LogP contribution is 2.30. The smallest absolute Gasteiger partial charge is 0.404 e. The highest BCUT2D eigenvalue weighted by atomic mass is 32.2. The largest absolute Gasteiger partial charge is 0.465 e. The van der Waals surface area contributed by atoms with Crippen molar-refractivity contribution in [2.45, 2.75) is 24.7 Å². The number of rotatable bonds is 7. The van der Waals surface area contributed by atoms with Gasteiger partial charge in [0.15, 0.2) is 0 Å². The third-order valence-electron chi connectivity index (χ3n) is 4.59. The molecule has 0 saturated carbocycles. The van der Waals surface area contributed by atoms with Gasteiger partial charge in [0.25, 0.3) is 10.0 Å². The molecule has 0 fully saturated rings. The van der Waals surface area contributed by atoms with Crippen molar-refractivity contribution in [2.75, 3.05) is 11.3 Å². The summed E-state index contributed by atoms with van der Waals surface area (Å²) >= 11 is 0. The van der Waals surface area contributed by atoms with Crippen LogP contribution in [0.4, 0.5) is 10.5 Å². The monoisotopic (exact) mass is 412 g/mol. The van der Waals surface area contributed by atoms with E-state index in [0.29, 0.717) is 29.6 Å². The minimum Gasteiger partial charge on any atom is -0.465 e. The summed E-state index contributed by atoms with van der Waals surface area (Å²) in [6.07, 6.45) is 1.65. The van der Waals surface area contributed by atoms with E-state index in [2.05, 4.69) is 21.1 Å². The lowest BCUT2D eigenvalue weighted by Crippen LogP contribution is -2.23. The Kier molecular flexibility index (Phi) is 5.75. The second kappa shape index (κ2) is 8.24. The van der Waals surface area contributed by atoms with Crippen molar-refractivity contribution in [1.29, 1.82) is 5.26 Å². The minimum absolute atomic E-state index is 0.0900. The van der Waals surface area contributed by atoms with E-state index in [1.165, 1.54) is 12.1 Å². The van der Waals surface area contributed by atoms with Crippen LogP contribution in [-0.2, 0) is 22.9 Å². The third kappa shape index (κ3) is 4.33. The van der Waals surface area contributed by atoms with E-state index in [4.69, 9.17) is 5.11 Å². The molecule has 0 aliphatic carbocycles. The second-order valence-electron chi connectivity index (χ2n) is 6.42. The summed E-state index contributed by atoms with van der Waals surface area (Å²) in [6.45, 7) is 2.22. The molecular formula is C20H20N4O4S. The Hall–Kier alpha value is -3.51. The molecule has 9 heteroatoms. The fourth-order valence-electron chi connectivity index (χ4n) is 3.14. The summed E-state index contributed by atoms with van der Waals surface area (Å²) in [4.78, 5) is 13.6. The van der Waals surface area contributed by atoms with Crippen LogP contribution in [0.2, 0.25) is 0 Å². The van der Waals surface area contributed by atoms with Crippen molar-refractivity contribution < 1.29 is 18.3 Å². The Morgan fingerprint density at radius 2 is 1.93 bits per heavy atom. The molecule has 0 aliphatic rings. The molecule has 3 rings (SSSR count). The molecule has 1 aromatic heterocycles. The first-order valence-corrected chi connectivity index (χ1v) is 10.5. The zero-order valence-corrected chi connectivity index (χ0v) is 16.5. The maximum absolute atomic E-state index is 12.8. The number of aromatic amines is 1. The molecule has 150 valence electrons. The number of anilines is 1. The van der Waals surface area contributed by atoms with Crippen LogP contribution in [0.1, 0.15) is 23.6 Å². The fourth-order valence-corrected chi connectivity index (χ4v) is 4.21. The SMILES string of the molecule is CCc1ccc(NS(=O)(=O)c2ccc(CCNC(=O)O)cc2)c2[nH]cc(C#N)c12. The molecular weight excluding hydrogens is 392 g/mol. The molecule has 0 radical (unpaired) electrons. The second-order valence-corrected chi connectivity index (χ2v) is 8.10. The van der Waals surface area contributed by atoms with Gasteiger partial charge >= 0.3 is 6.09 Å². The summed E-state index contributed by atoms with van der Waals surface area (Å²) < 4.78 is 28.2. The van der Waals surface area contributed by atoms with Crippen molar-refractivity contribution in [2.24, 2.45) is 0 Å². The standard InChI is InChI=1S/C20H20N4O4S/c1-2-14-5-8-17(19-18(14)15(11-21)12-23-19)24-29(27,28)16-6-3-13(4-7-16)9-10-22-20(25)26/h3-8,12,22-24H,2,9-10H2,1H3,(H,25,26). The lowest BCUT2D eigenvalue weighted by Gasteiger charge is -2.11. The minimum atomic E-state index is -3.84. The average Bonchev–Trinajstić information content (AvgIpc) is 3.13. The fraction of sp³-hybridized carbons (Fsp3) is 0.200. The van der Waals surface area contributed by atoms with Crippen LogP contribution in [0.5, 0.6) is 0 Å². The van der Waals surface area contributed by atoms with E-state index in [1.54, 1.807) is 24.4 Å². The molecule has 1 amide bonds. The molecule has 1 heterocycles. The number of sulfonamides is 1. The van der Waals surface area contributed by atoms with Crippen LogP contribution >= 0.6 is 0 Å². The predicted molar refractivity (Wildman–Crippen MR) is 109 cm³/mol. The first-order chi connectivity index (χ1) is 13.9. The predicted octanol–water partition coefficient (Wildman–Crippen LogP) is 3.21. The van der Waals surface area contributed by atoms with Crippen molar-refractivity contribution >= 4 is 32.7 Å².